The van der Waals surface area contributed by atoms with E-state index in [-0.39, 0.29) is 11.9 Å². The van der Waals surface area contributed by atoms with Crippen LogP contribution < -0.4 is 10.1 Å². The lowest BCUT2D eigenvalue weighted by Gasteiger charge is -2.31. The molecule has 120 valence electrons. The van der Waals surface area contributed by atoms with Crippen LogP contribution in [0.4, 0.5) is 10.5 Å². The number of ether oxygens (including phenoxy) is 1. The van der Waals surface area contributed by atoms with Gasteiger partial charge >= 0.3 is 6.03 Å². The maximum absolute atomic E-state index is 12.5. The molecule has 2 aliphatic heterocycles. The predicted octanol–water partition coefficient (Wildman–Crippen LogP) is 2.15. The summed E-state index contributed by atoms with van der Waals surface area (Å²) in [6.45, 7) is 2.15. The van der Waals surface area contributed by atoms with Crippen molar-refractivity contribution in [2.45, 2.75) is 25.2 Å². The lowest BCUT2D eigenvalue weighted by Crippen LogP contribution is -2.41. The summed E-state index contributed by atoms with van der Waals surface area (Å²) in [4.78, 5) is 18.6. The number of hydrogen-bond donors (Lipinski definition) is 2. The van der Waals surface area contributed by atoms with E-state index < -0.39 is 0 Å². The van der Waals surface area contributed by atoms with Crippen molar-refractivity contribution in [1.29, 1.82) is 0 Å². The molecule has 0 aliphatic carbocycles. The third-order valence-corrected chi connectivity index (χ3v) is 4.47. The molecule has 1 atom stereocenters. The topological polar surface area (TPSA) is 83.1 Å². The molecule has 1 unspecified atom stereocenters. The first-order valence-electron chi connectivity index (χ1n) is 7.96. The second-order valence-corrected chi connectivity index (χ2v) is 6.01. The highest BCUT2D eigenvalue weighted by molar-refractivity contribution is 5.89. The summed E-state index contributed by atoms with van der Waals surface area (Å²) < 4.78 is 5.49. The Balaban J connectivity index is 1.42. The van der Waals surface area contributed by atoms with Crippen LogP contribution in [-0.4, -0.2) is 45.8 Å². The second kappa shape index (κ2) is 5.91. The van der Waals surface area contributed by atoms with E-state index in [1.54, 1.807) is 0 Å². The fourth-order valence-electron chi connectivity index (χ4n) is 3.26. The van der Waals surface area contributed by atoms with Crippen LogP contribution in [0.1, 0.15) is 30.1 Å². The number of hydrogen-bond acceptors (Lipinski definition) is 4. The predicted molar refractivity (Wildman–Crippen MR) is 84.6 cm³/mol. The zero-order chi connectivity index (χ0) is 15.6. The van der Waals surface area contributed by atoms with Crippen LogP contribution in [-0.2, 0) is 6.42 Å². The Hall–Kier alpha value is -2.57. The molecule has 1 saturated heterocycles. The van der Waals surface area contributed by atoms with E-state index in [0.29, 0.717) is 6.54 Å². The van der Waals surface area contributed by atoms with Gasteiger partial charge in [0.25, 0.3) is 0 Å². The molecule has 0 saturated carbocycles. The molecule has 1 fully saturated rings. The highest BCUT2D eigenvalue weighted by atomic mass is 16.5. The van der Waals surface area contributed by atoms with Gasteiger partial charge in [0.2, 0.25) is 0 Å². The van der Waals surface area contributed by atoms with Crippen molar-refractivity contribution in [3.05, 3.63) is 35.9 Å². The largest absolute Gasteiger partial charge is 0.493 e. The first kappa shape index (κ1) is 14.0. The fraction of sp³-hybridized carbons (Fsp3) is 0.438. The summed E-state index contributed by atoms with van der Waals surface area (Å²) in [7, 11) is 0. The Morgan fingerprint density at radius 3 is 3.26 bits per heavy atom. The number of piperidine rings is 1. The number of carbonyl (C=O) groups is 1. The average Bonchev–Trinajstić information content (AvgIpc) is 3.26. The van der Waals surface area contributed by atoms with Crippen LogP contribution >= 0.6 is 0 Å². The number of H-pyrrole nitrogens is 1. The highest BCUT2D eigenvalue weighted by Gasteiger charge is 2.26. The number of aromatic amines is 1. The van der Waals surface area contributed by atoms with E-state index in [1.807, 2.05) is 23.1 Å². The number of nitrogens with zero attached hydrogens (tertiary/aromatic N) is 3. The minimum absolute atomic E-state index is 0.0620. The van der Waals surface area contributed by atoms with Gasteiger partial charge in [-0.3, -0.25) is 5.10 Å². The zero-order valence-corrected chi connectivity index (χ0v) is 12.8. The van der Waals surface area contributed by atoms with E-state index >= 15 is 0 Å². The minimum atomic E-state index is -0.0620. The van der Waals surface area contributed by atoms with Gasteiger partial charge in [-0.05, 0) is 36.6 Å². The van der Waals surface area contributed by atoms with Crippen LogP contribution in [0.5, 0.6) is 5.75 Å². The minimum Gasteiger partial charge on any atom is -0.493 e. The third-order valence-electron chi connectivity index (χ3n) is 4.47. The van der Waals surface area contributed by atoms with E-state index in [1.165, 1.54) is 6.33 Å². The SMILES string of the molecule is O=C(Nc1ccc2c(c1)CCO2)N1CCCC(c2ncn[nH]2)C1. The molecule has 1 aromatic carbocycles. The number of rotatable bonds is 2. The van der Waals surface area contributed by atoms with Crippen LogP contribution in [0.25, 0.3) is 0 Å². The normalized spacial score (nSPS) is 20.0. The maximum Gasteiger partial charge on any atom is 0.321 e. The van der Waals surface area contributed by atoms with Crippen molar-refractivity contribution in [1.82, 2.24) is 20.1 Å². The average molecular weight is 313 g/mol. The van der Waals surface area contributed by atoms with Crippen LogP contribution in [0.15, 0.2) is 24.5 Å². The molecule has 3 heterocycles. The Morgan fingerprint density at radius 2 is 2.39 bits per heavy atom. The number of aromatic nitrogens is 3. The molecule has 0 spiro atoms. The Morgan fingerprint density at radius 1 is 1.43 bits per heavy atom. The molecule has 2 N–H and O–H groups in total. The summed E-state index contributed by atoms with van der Waals surface area (Å²) in [5.74, 6) is 2.01. The van der Waals surface area contributed by atoms with Crippen LogP contribution in [0, 0.1) is 0 Å². The van der Waals surface area contributed by atoms with Gasteiger partial charge in [0.15, 0.2) is 0 Å². The van der Waals surface area contributed by atoms with Crippen molar-refractivity contribution in [2.75, 3.05) is 25.0 Å². The monoisotopic (exact) mass is 313 g/mol. The number of amides is 2. The van der Waals surface area contributed by atoms with Crippen LogP contribution in [0.3, 0.4) is 0 Å². The summed E-state index contributed by atoms with van der Waals surface area (Å²) in [6, 6.07) is 5.75. The van der Waals surface area contributed by atoms with Crippen molar-refractivity contribution >= 4 is 11.7 Å². The fourth-order valence-corrected chi connectivity index (χ4v) is 3.26. The van der Waals surface area contributed by atoms with Gasteiger partial charge in [0.1, 0.15) is 17.9 Å². The number of urea groups is 1. The molecule has 4 rings (SSSR count). The van der Waals surface area contributed by atoms with Gasteiger partial charge in [0.05, 0.1) is 6.61 Å². The Kier molecular flexibility index (Phi) is 3.61. The number of benzene rings is 1. The van der Waals surface area contributed by atoms with Gasteiger partial charge in [-0.15, -0.1) is 0 Å². The number of nitrogens with one attached hydrogen (secondary N) is 2. The standard InChI is InChI=1S/C16H19N5O2/c22-16(19-13-3-4-14-11(8-13)5-7-23-14)21-6-1-2-12(9-21)15-17-10-18-20-15/h3-4,8,10,12H,1-2,5-7,9H2,(H,19,22)(H,17,18,20). The Labute approximate surface area is 134 Å². The lowest BCUT2D eigenvalue weighted by molar-refractivity contribution is 0.191. The molecule has 2 aromatic rings. The number of carbonyl (C=O) groups excluding carboxylic acids is 1. The number of likely N-dealkylation sites (tertiary alicyclic amines) is 1. The van der Waals surface area contributed by atoms with Gasteiger partial charge in [-0.2, -0.15) is 5.10 Å². The molecule has 2 amide bonds. The van der Waals surface area contributed by atoms with E-state index in [9.17, 15) is 4.79 Å². The van der Waals surface area contributed by atoms with Gasteiger partial charge < -0.3 is 15.0 Å². The molecule has 0 bridgehead atoms. The van der Waals surface area contributed by atoms with Crippen molar-refractivity contribution in [3.8, 4) is 5.75 Å². The summed E-state index contributed by atoms with van der Waals surface area (Å²) in [5.41, 5.74) is 1.97. The number of anilines is 1. The smallest absolute Gasteiger partial charge is 0.321 e. The highest BCUT2D eigenvalue weighted by Crippen LogP contribution is 2.28. The molecular weight excluding hydrogens is 294 g/mol. The van der Waals surface area contributed by atoms with Crippen molar-refractivity contribution < 1.29 is 9.53 Å². The first-order valence-corrected chi connectivity index (χ1v) is 7.96. The number of fused-ring (bicyclic) bond motifs is 1. The summed E-state index contributed by atoms with van der Waals surface area (Å²) in [5, 5.41) is 9.80. The molecule has 2 aliphatic rings. The lowest BCUT2D eigenvalue weighted by atomic mass is 9.98. The third kappa shape index (κ3) is 2.86. The van der Waals surface area contributed by atoms with Gasteiger partial charge in [0, 0.05) is 31.1 Å². The molecule has 7 heteroatoms. The maximum atomic E-state index is 12.5. The van der Waals surface area contributed by atoms with Crippen LogP contribution in [0.2, 0.25) is 0 Å². The first-order chi connectivity index (χ1) is 11.3. The molecular formula is C16H19N5O2. The van der Waals surface area contributed by atoms with Gasteiger partial charge in [-0.1, -0.05) is 0 Å². The second-order valence-electron chi connectivity index (χ2n) is 6.01. The quantitative estimate of drug-likeness (QED) is 0.890. The molecule has 7 nitrogen and oxygen atoms in total. The summed E-state index contributed by atoms with van der Waals surface area (Å²) >= 11 is 0. The molecule has 23 heavy (non-hydrogen) atoms. The van der Waals surface area contributed by atoms with Crippen molar-refractivity contribution in [2.24, 2.45) is 0 Å². The Bertz CT molecular complexity index is 701. The zero-order valence-electron chi connectivity index (χ0n) is 12.8. The molecule has 0 radical (unpaired) electrons. The van der Waals surface area contributed by atoms with E-state index in [2.05, 4.69) is 20.5 Å². The summed E-state index contributed by atoms with van der Waals surface area (Å²) in [6.07, 6.45) is 4.41. The van der Waals surface area contributed by atoms with Gasteiger partial charge in [-0.25, -0.2) is 9.78 Å². The van der Waals surface area contributed by atoms with E-state index in [4.69, 9.17) is 4.74 Å². The van der Waals surface area contributed by atoms with E-state index in [0.717, 1.165) is 55.2 Å². The van der Waals surface area contributed by atoms with Crippen molar-refractivity contribution in [3.63, 3.8) is 0 Å². The molecule has 1 aromatic heterocycles.